The Labute approximate surface area is 134 Å². The molecule has 1 aromatic carbocycles. The molecule has 24 heavy (non-hydrogen) atoms. The van der Waals surface area contributed by atoms with Gasteiger partial charge in [-0.2, -0.15) is 13.2 Å². The Hall–Kier alpha value is -2.45. The summed E-state index contributed by atoms with van der Waals surface area (Å²) in [6, 6.07) is 4.55. The van der Waals surface area contributed by atoms with Gasteiger partial charge in [0.25, 0.3) is 5.91 Å². The zero-order valence-electron chi connectivity index (χ0n) is 12.4. The molecule has 6 nitrogen and oxygen atoms in total. The number of amides is 1. The summed E-state index contributed by atoms with van der Waals surface area (Å²) in [5, 5.41) is 9.03. The fraction of sp³-hybridized carbons (Fsp3) is 0.467. The van der Waals surface area contributed by atoms with Crippen LogP contribution in [0, 0.1) is 11.8 Å². The SMILES string of the molecule is O=C(O)[C@@H]1CN(C(=O)c2cccc3c2OCCO3)C[C@H]1C(F)(F)F. The highest BCUT2D eigenvalue weighted by Crippen LogP contribution is 2.40. The van der Waals surface area contributed by atoms with Gasteiger partial charge in [0.15, 0.2) is 11.5 Å². The number of para-hydroxylation sites is 1. The second kappa shape index (κ2) is 5.88. The molecule has 9 heteroatoms. The molecule has 1 saturated heterocycles. The number of rotatable bonds is 2. The first kappa shape index (κ1) is 16.4. The number of carbonyl (C=O) groups excluding carboxylic acids is 1. The Morgan fingerprint density at radius 2 is 1.88 bits per heavy atom. The maximum absolute atomic E-state index is 13.0. The van der Waals surface area contributed by atoms with Crippen LogP contribution in [0.25, 0.3) is 0 Å². The highest BCUT2D eigenvalue weighted by atomic mass is 19.4. The fourth-order valence-electron chi connectivity index (χ4n) is 2.96. The van der Waals surface area contributed by atoms with Gasteiger partial charge in [0, 0.05) is 13.1 Å². The number of fused-ring (bicyclic) bond motifs is 1. The minimum absolute atomic E-state index is 0.0687. The molecule has 2 atom stereocenters. The van der Waals surface area contributed by atoms with E-state index in [1.807, 2.05) is 0 Å². The average Bonchev–Trinajstić information content (AvgIpc) is 2.99. The molecule has 1 fully saturated rings. The van der Waals surface area contributed by atoms with Crippen molar-refractivity contribution in [3.63, 3.8) is 0 Å². The highest BCUT2D eigenvalue weighted by Gasteiger charge is 2.53. The molecule has 0 aromatic heterocycles. The van der Waals surface area contributed by atoms with E-state index in [-0.39, 0.29) is 17.9 Å². The van der Waals surface area contributed by atoms with Gasteiger partial charge in [0.1, 0.15) is 13.2 Å². The zero-order chi connectivity index (χ0) is 17.5. The Kier molecular flexibility index (Phi) is 4.02. The number of likely N-dealkylation sites (tertiary alicyclic amines) is 1. The lowest BCUT2D eigenvalue weighted by Gasteiger charge is -2.23. The van der Waals surface area contributed by atoms with Gasteiger partial charge >= 0.3 is 12.1 Å². The largest absolute Gasteiger partial charge is 0.486 e. The normalized spacial score (nSPS) is 23.2. The number of alkyl halides is 3. The van der Waals surface area contributed by atoms with Gasteiger partial charge in [0.05, 0.1) is 17.4 Å². The molecule has 2 aliphatic heterocycles. The number of aliphatic carboxylic acids is 1. The van der Waals surface area contributed by atoms with E-state index in [0.717, 1.165) is 4.90 Å². The summed E-state index contributed by atoms with van der Waals surface area (Å²) in [6.45, 7) is -0.654. The predicted molar refractivity (Wildman–Crippen MR) is 74.0 cm³/mol. The molecule has 1 amide bonds. The van der Waals surface area contributed by atoms with Gasteiger partial charge in [-0.3, -0.25) is 9.59 Å². The van der Waals surface area contributed by atoms with E-state index < -0.39 is 43.0 Å². The summed E-state index contributed by atoms with van der Waals surface area (Å²) in [5.74, 6) is -5.51. The molecule has 2 heterocycles. The molecule has 3 rings (SSSR count). The van der Waals surface area contributed by atoms with Crippen LogP contribution in [0.5, 0.6) is 11.5 Å². The fourth-order valence-corrected chi connectivity index (χ4v) is 2.96. The number of nitrogens with zero attached hydrogens (tertiary/aromatic N) is 1. The van der Waals surface area contributed by atoms with Crippen molar-refractivity contribution < 1.29 is 37.3 Å². The molecule has 0 saturated carbocycles. The van der Waals surface area contributed by atoms with Crippen molar-refractivity contribution in [3.8, 4) is 11.5 Å². The maximum atomic E-state index is 13.0. The summed E-state index contributed by atoms with van der Waals surface area (Å²) >= 11 is 0. The Balaban J connectivity index is 1.88. The third kappa shape index (κ3) is 2.85. The van der Waals surface area contributed by atoms with Crippen LogP contribution in [0.1, 0.15) is 10.4 Å². The number of hydrogen-bond acceptors (Lipinski definition) is 4. The van der Waals surface area contributed by atoms with Crippen molar-refractivity contribution in [2.75, 3.05) is 26.3 Å². The van der Waals surface area contributed by atoms with Crippen molar-refractivity contribution in [3.05, 3.63) is 23.8 Å². The standard InChI is InChI=1S/C15H14F3NO5/c16-15(17,18)10-7-19(6-9(10)14(21)22)13(20)8-2-1-3-11-12(8)24-5-4-23-11/h1-3,9-10H,4-7H2,(H,21,22)/t9-,10-/m1/s1. The van der Waals surface area contributed by atoms with Gasteiger partial charge in [-0.25, -0.2) is 0 Å². The van der Waals surface area contributed by atoms with E-state index in [1.54, 1.807) is 6.07 Å². The molecule has 0 aliphatic carbocycles. The lowest BCUT2D eigenvalue weighted by Crippen LogP contribution is -2.34. The van der Waals surface area contributed by atoms with Crippen molar-refractivity contribution in [2.24, 2.45) is 11.8 Å². The number of halogens is 3. The summed E-state index contributed by atoms with van der Waals surface area (Å²) < 4.78 is 49.8. The predicted octanol–water partition coefficient (Wildman–Crippen LogP) is 1.79. The van der Waals surface area contributed by atoms with Crippen molar-refractivity contribution in [1.29, 1.82) is 0 Å². The number of benzene rings is 1. The lowest BCUT2D eigenvalue weighted by molar-refractivity contribution is -0.187. The molecule has 0 spiro atoms. The van der Waals surface area contributed by atoms with Crippen LogP contribution in [0.2, 0.25) is 0 Å². The summed E-state index contributed by atoms with van der Waals surface area (Å²) in [6.07, 6.45) is -4.69. The van der Waals surface area contributed by atoms with Crippen LogP contribution in [0.4, 0.5) is 13.2 Å². The van der Waals surface area contributed by atoms with Gasteiger partial charge in [-0.1, -0.05) is 6.07 Å². The average molecular weight is 345 g/mol. The van der Waals surface area contributed by atoms with Gasteiger partial charge in [-0.05, 0) is 12.1 Å². The smallest absolute Gasteiger partial charge is 0.394 e. The molecular formula is C15H14F3NO5. The van der Waals surface area contributed by atoms with E-state index in [9.17, 15) is 22.8 Å². The van der Waals surface area contributed by atoms with E-state index in [4.69, 9.17) is 14.6 Å². The third-order valence-electron chi connectivity index (χ3n) is 4.14. The lowest BCUT2D eigenvalue weighted by atomic mass is 9.96. The second-order valence-electron chi connectivity index (χ2n) is 5.63. The van der Waals surface area contributed by atoms with Crippen LogP contribution in [0.3, 0.4) is 0 Å². The molecule has 1 aromatic rings. The number of carbonyl (C=O) groups is 2. The summed E-state index contributed by atoms with van der Waals surface area (Å²) in [7, 11) is 0. The van der Waals surface area contributed by atoms with Crippen LogP contribution in [0.15, 0.2) is 18.2 Å². The summed E-state index contributed by atoms with van der Waals surface area (Å²) in [5.41, 5.74) is 0.0687. The Morgan fingerprint density at radius 1 is 1.17 bits per heavy atom. The molecule has 0 radical (unpaired) electrons. The van der Waals surface area contributed by atoms with Crippen molar-refractivity contribution >= 4 is 11.9 Å². The minimum Gasteiger partial charge on any atom is -0.486 e. The number of hydrogen-bond donors (Lipinski definition) is 1. The molecule has 0 bridgehead atoms. The highest BCUT2D eigenvalue weighted by molar-refractivity contribution is 5.98. The van der Waals surface area contributed by atoms with Crippen LogP contribution in [-0.2, 0) is 4.79 Å². The maximum Gasteiger partial charge on any atom is 0.394 e. The molecule has 2 aliphatic rings. The van der Waals surface area contributed by atoms with Gasteiger partial charge in [-0.15, -0.1) is 0 Å². The molecule has 130 valence electrons. The van der Waals surface area contributed by atoms with Crippen LogP contribution in [-0.4, -0.2) is 54.4 Å². The topological polar surface area (TPSA) is 76.1 Å². The Bertz CT molecular complexity index is 676. The van der Waals surface area contributed by atoms with Gasteiger partial charge in [0.2, 0.25) is 0 Å². The monoisotopic (exact) mass is 345 g/mol. The number of carboxylic acids is 1. The Morgan fingerprint density at radius 3 is 2.50 bits per heavy atom. The number of ether oxygens (including phenoxy) is 2. The van der Waals surface area contributed by atoms with Crippen molar-refractivity contribution in [2.45, 2.75) is 6.18 Å². The molecule has 1 N–H and O–H groups in total. The van der Waals surface area contributed by atoms with E-state index in [0.29, 0.717) is 12.4 Å². The number of carboxylic acid groups (broad SMARTS) is 1. The van der Waals surface area contributed by atoms with Gasteiger partial charge < -0.3 is 19.5 Å². The first-order chi connectivity index (χ1) is 11.3. The quantitative estimate of drug-likeness (QED) is 0.884. The van der Waals surface area contributed by atoms with E-state index >= 15 is 0 Å². The molecular weight excluding hydrogens is 331 g/mol. The minimum atomic E-state index is -4.69. The molecule has 0 unspecified atom stereocenters. The van der Waals surface area contributed by atoms with E-state index in [2.05, 4.69) is 0 Å². The third-order valence-corrected chi connectivity index (χ3v) is 4.14. The van der Waals surface area contributed by atoms with Crippen molar-refractivity contribution in [1.82, 2.24) is 4.90 Å². The van der Waals surface area contributed by atoms with Crippen LogP contribution >= 0.6 is 0 Å². The first-order valence-electron chi connectivity index (χ1n) is 7.26. The van der Waals surface area contributed by atoms with Crippen LogP contribution < -0.4 is 9.47 Å². The second-order valence-corrected chi connectivity index (χ2v) is 5.63. The summed E-state index contributed by atoms with van der Waals surface area (Å²) in [4.78, 5) is 24.6. The zero-order valence-corrected chi connectivity index (χ0v) is 12.4. The first-order valence-corrected chi connectivity index (χ1v) is 7.26. The van der Waals surface area contributed by atoms with E-state index in [1.165, 1.54) is 12.1 Å².